The summed E-state index contributed by atoms with van der Waals surface area (Å²) in [4.78, 5) is 0. The summed E-state index contributed by atoms with van der Waals surface area (Å²) in [5.74, 6) is -7.03. The van der Waals surface area contributed by atoms with E-state index in [-0.39, 0.29) is 0 Å². The van der Waals surface area contributed by atoms with Gasteiger partial charge in [-0.2, -0.15) is 35.1 Å². The van der Waals surface area contributed by atoms with Crippen LogP contribution >= 0.6 is 0 Å². The van der Waals surface area contributed by atoms with Crippen molar-refractivity contribution in [2.45, 2.75) is 36.5 Å². The number of halogens is 12. The molecule has 0 saturated carbocycles. The first-order chi connectivity index (χ1) is 7.60. The highest BCUT2D eigenvalue weighted by Crippen LogP contribution is 2.56. The molecule has 12 heteroatoms. The minimum atomic E-state index is -7.41. The van der Waals surface area contributed by atoms with Gasteiger partial charge in [-0.1, -0.05) is 0 Å². The van der Waals surface area contributed by atoms with Crippen molar-refractivity contribution in [3.05, 3.63) is 0 Å². The Labute approximate surface area is 90.6 Å². The predicted molar refractivity (Wildman–Crippen MR) is 31.8 cm³/mol. The van der Waals surface area contributed by atoms with Gasteiger partial charge in [0.25, 0.3) is 6.43 Å². The molecule has 0 aromatic rings. The lowest BCUT2D eigenvalue weighted by atomic mass is 9.92. The van der Waals surface area contributed by atoms with Crippen LogP contribution in [0, 0.1) is 0 Å². The number of hydrogen-bond acceptors (Lipinski definition) is 0. The van der Waals surface area contributed by atoms with E-state index in [2.05, 4.69) is 0 Å². The molecule has 0 aromatic carbocycles. The van der Waals surface area contributed by atoms with Gasteiger partial charge in [0.1, 0.15) is 0 Å². The Balaban J connectivity index is 5.92. The van der Waals surface area contributed by atoms with Crippen LogP contribution in [0.1, 0.15) is 0 Å². The van der Waals surface area contributed by atoms with Crippen molar-refractivity contribution in [1.29, 1.82) is 0 Å². The van der Waals surface area contributed by atoms with E-state index in [1.54, 1.807) is 0 Å². The highest BCUT2D eigenvalue weighted by molar-refractivity contribution is 5.08. The number of rotatable bonds is 3. The maximum atomic E-state index is 12.6. The summed E-state index contributed by atoms with van der Waals surface area (Å²) in [5.41, 5.74) is -7.41. The van der Waals surface area contributed by atoms with Gasteiger partial charge in [0, 0.05) is 0 Å². The zero-order chi connectivity index (χ0) is 15.2. The van der Waals surface area contributed by atoms with Gasteiger partial charge >= 0.3 is 23.9 Å². The van der Waals surface area contributed by atoms with E-state index in [1.807, 2.05) is 0 Å². The zero-order valence-corrected chi connectivity index (χ0v) is 7.69. The molecule has 0 nitrogen and oxygen atoms in total. The highest BCUT2D eigenvalue weighted by Gasteiger charge is 2.86. The third kappa shape index (κ3) is 2.32. The zero-order valence-electron chi connectivity index (χ0n) is 7.69. The summed E-state index contributed by atoms with van der Waals surface area (Å²) in [7, 11) is 0. The molecule has 0 radical (unpaired) electrons. The predicted octanol–water partition coefficient (Wildman–Crippen LogP) is 4.06. The Morgan fingerprint density at radius 3 is 1.00 bits per heavy atom. The smallest absolute Gasteiger partial charge is 0.234 e. The van der Waals surface area contributed by atoms with Gasteiger partial charge in [-0.15, -0.1) is 0 Å². The van der Waals surface area contributed by atoms with Crippen LogP contribution in [0.15, 0.2) is 0 Å². The summed E-state index contributed by atoms with van der Waals surface area (Å²) >= 11 is 0. The third-order valence-corrected chi connectivity index (χ3v) is 1.81. The SMILES string of the molecule is FC(F)C(F)C(F)(F)C(F)(C(F)(F)F)C(F)(F)F. The van der Waals surface area contributed by atoms with Crippen molar-refractivity contribution in [3.63, 3.8) is 0 Å². The molecule has 110 valence electrons. The van der Waals surface area contributed by atoms with Crippen LogP contribution in [0.4, 0.5) is 52.7 Å². The van der Waals surface area contributed by atoms with Crippen molar-refractivity contribution in [1.82, 2.24) is 0 Å². The quantitative estimate of drug-likeness (QED) is 0.690. The maximum Gasteiger partial charge on any atom is 0.437 e. The van der Waals surface area contributed by atoms with Gasteiger partial charge in [-0.05, 0) is 0 Å². The van der Waals surface area contributed by atoms with E-state index in [0.29, 0.717) is 0 Å². The summed E-state index contributed by atoms with van der Waals surface area (Å²) < 4.78 is 143. The molecule has 0 rings (SSSR count). The van der Waals surface area contributed by atoms with E-state index in [0.717, 1.165) is 0 Å². The molecule has 0 aromatic heterocycles. The molecule has 0 aliphatic heterocycles. The molecule has 0 amide bonds. The van der Waals surface area contributed by atoms with Crippen LogP contribution in [0.3, 0.4) is 0 Å². The fraction of sp³-hybridized carbons (Fsp3) is 1.00. The fourth-order valence-electron chi connectivity index (χ4n) is 0.887. The van der Waals surface area contributed by atoms with Crippen LogP contribution in [-0.4, -0.2) is 36.5 Å². The maximum absolute atomic E-state index is 12.6. The van der Waals surface area contributed by atoms with E-state index in [4.69, 9.17) is 0 Å². The number of hydrogen-bond donors (Lipinski definition) is 0. The summed E-state index contributed by atoms with van der Waals surface area (Å²) in [6.07, 6.45) is -24.9. The lowest BCUT2D eigenvalue weighted by Crippen LogP contribution is -2.68. The molecular weight excluding hydrogens is 300 g/mol. The van der Waals surface area contributed by atoms with Gasteiger partial charge in [0.2, 0.25) is 6.17 Å². The van der Waals surface area contributed by atoms with E-state index in [9.17, 15) is 52.7 Å². The molecule has 0 bridgehead atoms. The fourth-order valence-corrected chi connectivity index (χ4v) is 0.887. The summed E-state index contributed by atoms with van der Waals surface area (Å²) in [6.45, 7) is 0. The molecule has 0 aliphatic rings. The Bertz CT molecular complexity index is 270. The average Bonchev–Trinajstić information content (AvgIpc) is 2.11. The molecule has 0 heterocycles. The van der Waals surface area contributed by atoms with E-state index < -0.39 is 36.5 Å². The van der Waals surface area contributed by atoms with Crippen molar-refractivity contribution in [3.8, 4) is 0 Å². The second-order valence-corrected chi connectivity index (χ2v) is 3.01. The topological polar surface area (TPSA) is 0 Å². The molecule has 1 atom stereocenters. The second kappa shape index (κ2) is 4.37. The number of alkyl halides is 12. The molecule has 0 saturated heterocycles. The first-order valence-electron chi connectivity index (χ1n) is 3.73. The normalized spacial score (nSPS) is 17.2. The molecule has 1 unspecified atom stereocenters. The van der Waals surface area contributed by atoms with Crippen molar-refractivity contribution < 1.29 is 52.7 Å². The van der Waals surface area contributed by atoms with Gasteiger partial charge in [0.05, 0.1) is 0 Å². The minimum absolute atomic E-state index is 4.93. The van der Waals surface area contributed by atoms with Gasteiger partial charge < -0.3 is 0 Å². The van der Waals surface area contributed by atoms with Crippen LogP contribution in [0.2, 0.25) is 0 Å². The molecular formula is C6H2F12. The first kappa shape index (κ1) is 17.2. The average molecular weight is 302 g/mol. The standard InChI is InChI=1S/C6H2F12/c7-1(2(8)9)3(10,11)4(12,5(13,14)15)6(16,17)18/h1-2H. The van der Waals surface area contributed by atoms with Gasteiger partial charge in [-0.25, -0.2) is 17.6 Å². The van der Waals surface area contributed by atoms with Gasteiger partial charge in [0.15, 0.2) is 0 Å². The summed E-state index contributed by atoms with van der Waals surface area (Å²) in [5, 5.41) is 0. The first-order valence-corrected chi connectivity index (χ1v) is 3.73. The van der Waals surface area contributed by atoms with Gasteiger partial charge in [-0.3, -0.25) is 0 Å². The second-order valence-electron chi connectivity index (χ2n) is 3.01. The van der Waals surface area contributed by atoms with Crippen LogP contribution < -0.4 is 0 Å². The molecule has 0 fully saturated rings. The largest absolute Gasteiger partial charge is 0.437 e. The lowest BCUT2D eigenvalue weighted by molar-refractivity contribution is -0.408. The Morgan fingerprint density at radius 2 is 0.833 bits per heavy atom. The monoisotopic (exact) mass is 302 g/mol. The highest BCUT2D eigenvalue weighted by atomic mass is 19.4. The van der Waals surface area contributed by atoms with Crippen LogP contribution in [-0.2, 0) is 0 Å². The van der Waals surface area contributed by atoms with Crippen LogP contribution in [0.5, 0.6) is 0 Å². The van der Waals surface area contributed by atoms with Crippen molar-refractivity contribution >= 4 is 0 Å². The Hall–Kier alpha value is -0.840. The summed E-state index contributed by atoms with van der Waals surface area (Å²) in [6, 6.07) is 0. The molecule has 0 N–H and O–H groups in total. The third-order valence-electron chi connectivity index (χ3n) is 1.81. The lowest BCUT2D eigenvalue weighted by Gasteiger charge is -2.37. The molecule has 0 spiro atoms. The molecule has 0 aliphatic carbocycles. The van der Waals surface area contributed by atoms with E-state index in [1.165, 1.54) is 0 Å². The molecule has 18 heavy (non-hydrogen) atoms. The Morgan fingerprint density at radius 1 is 0.556 bits per heavy atom. The minimum Gasteiger partial charge on any atom is -0.234 e. The van der Waals surface area contributed by atoms with Crippen molar-refractivity contribution in [2.24, 2.45) is 0 Å². The van der Waals surface area contributed by atoms with Crippen molar-refractivity contribution in [2.75, 3.05) is 0 Å². The Kier molecular flexibility index (Phi) is 4.16. The van der Waals surface area contributed by atoms with E-state index >= 15 is 0 Å². The van der Waals surface area contributed by atoms with Crippen LogP contribution in [0.25, 0.3) is 0 Å².